The van der Waals surface area contributed by atoms with Crippen molar-refractivity contribution < 1.29 is 63.5 Å². The first kappa shape index (κ1) is 35.7. The van der Waals surface area contributed by atoms with Crippen LogP contribution < -0.4 is 0 Å². The maximum absolute atomic E-state index is 14.6. The number of alkyl halides is 8. The number of aliphatic carboxylic acids is 2. The molecule has 1 aliphatic rings. The van der Waals surface area contributed by atoms with Crippen molar-refractivity contribution in [2.45, 2.75) is 114 Å². The molecule has 17 heteroatoms. The summed E-state index contributed by atoms with van der Waals surface area (Å²) in [6.45, 7) is 13.8. The summed E-state index contributed by atoms with van der Waals surface area (Å²) in [5, 5.41) is 19.8. The van der Waals surface area contributed by atoms with Gasteiger partial charge in [-0.3, -0.25) is 0 Å². The number of hydrogen-bond acceptors (Lipinski definition) is 4. The lowest BCUT2D eigenvalue weighted by Gasteiger charge is -2.56. The van der Waals surface area contributed by atoms with Crippen molar-refractivity contribution in [3.8, 4) is 0 Å². The summed E-state index contributed by atoms with van der Waals surface area (Å²) in [5.74, 6) is -23.7. The summed E-state index contributed by atoms with van der Waals surface area (Å²) in [6, 6.07) is 0.238. The van der Waals surface area contributed by atoms with E-state index in [9.17, 15) is 54.9 Å². The van der Waals surface area contributed by atoms with Gasteiger partial charge in [0.25, 0.3) is 0 Å². The molecule has 1 heterocycles. The zero-order chi connectivity index (χ0) is 31.2. The molecule has 0 amide bonds. The molecule has 1 fully saturated rings. The standard InChI is InChI=1S/C22H36F8O6Si3/c1-9-14(39(36-37(4,5)6)11-10-19(2,3)35-38(39,7)8)15(17(33)34)13(16(31)32)12-20(25,26)22(29,30)21(27,28)18(23)24/h14,18H,9-12H2,1-8H3,(H,31,32)(H,33,34). The molecule has 1 rings (SSSR count). The van der Waals surface area contributed by atoms with Crippen LogP contribution in [-0.2, 0) is 18.1 Å². The predicted molar refractivity (Wildman–Crippen MR) is 134 cm³/mol. The van der Waals surface area contributed by atoms with Crippen LogP contribution in [-0.4, -0.2) is 75.9 Å². The molecule has 1 saturated heterocycles. The highest BCUT2D eigenvalue weighted by atomic mass is 29.3. The molecule has 2 unspecified atom stereocenters. The average molecular weight is 633 g/mol. The Hall–Kier alpha value is -1.31. The molecule has 0 bridgehead atoms. The van der Waals surface area contributed by atoms with Gasteiger partial charge in [0, 0.05) is 5.54 Å². The van der Waals surface area contributed by atoms with Crippen molar-refractivity contribution in [1.29, 1.82) is 0 Å². The minimum Gasteiger partial charge on any atom is -0.478 e. The first-order chi connectivity index (χ1) is 17.1. The first-order valence-electron chi connectivity index (χ1n) is 12.1. The number of carboxylic acids is 2. The van der Waals surface area contributed by atoms with E-state index in [0.717, 1.165) is 0 Å². The Balaban J connectivity index is 4.03. The van der Waals surface area contributed by atoms with Gasteiger partial charge in [0.15, 0.2) is 8.32 Å². The van der Waals surface area contributed by atoms with Crippen molar-refractivity contribution in [1.82, 2.24) is 0 Å². The van der Waals surface area contributed by atoms with Crippen LogP contribution in [0.3, 0.4) is 0 Å². The SMILES string of the molecule is CCC(C(C(=O)O)=C(CC(F)(F)C(F)(F)C(F)(F)C(F)F)C(=O)O)[Si]1(O[Si](C)(C)C)CCC(C)(C)O[Si]1(C)C. The average Bonchev–Trinajstić information content (AvgIpc) is 2.70. The summed E-state index contributed by atoms with van der Waals surface area (Å²) in [4.78, 5) is 24.6. The zero-order valence-corrected chi connectivity index (χ0v) is 26.0. The van der Waals surface area contributed by atoms with Gasteiger partial charge >= 0.3 is 36.1 Å². The summed E-state index contributed by atoms with van der Waals surface area (Å²) < 4.78 is 123. The van der Waals surface area contributed by atoms with Gasteiger partial charge in [0.1, 0.15) is 0 Å². The summed E-state index contributed by atoms with van der Waals surface area (Å²) >= 11 is 0. The molecule has 0 aliphatic carbocycles. The smallest absolute Gasteiger partial charge is 0.378 e. The van der Waals surface area contributed by atoms with E-state index in [2.05, 4.69) is 0 Å². The van der Waals surface area contributed by atoms with Gasteiger partial charge in [-0.1, -0.05) is 6.92 Å². The molecule has 0 aromatic carbocycles. The van der Waals surface area contributed by atoms with Crippen LogP contribution in [0.25, 0.3) is 0 Å². The quantitative estimate of drug-likeness (QED) is 0.136. The normalized spacial score (nSPS) is 23.8. The topological polar surface area (TPSA) is 93.1 Å². The molecule has 2 atom stereocenters. The van der Waals surface area contributed by atoms with Crippen molar-refractivity contribution >= 4 is 35.9 Å². The molecule has 2 N–H and O–H groups in total. The Kier molecular flexibility index (Phi) is 10.2. The zero-order valence-electron chi connectivity index (χ0n) is 23.0. The van der Waals surface area contributed by atoms with E-state index in [-0.39, 0.29) is 12.5 Å². The van der Waals surface area contributed by atoms with Crippen LogP contribution in [0.4, 0.5) is 35.1 Å². The molecular weight excluding hydrogens is 596 g/mol. The lowest BCUT2D eigenvalue weighted by Crippen LogP contribution is -2.73. The first-order valence-corrected chi connectivity index (χ1v) is 21.6. The van der Waals surface area contributed by atoms with E-state index < -0.39 is 88.8 Å². The Bertz CT molecular complexity index is 981. The molecule has 0 radical (unpaired) electrons. The van der Waals surface area contributed by atoms with Crippen LogP contribution in [0.15, 0.2) is 11.1 Å². The van der Waals surface area contributed by atoms with Crippen molar-refractivity contribution in [2.75, 3.05) is 0 Å². The second kappa shape index (κ2) is 11.2. The molecular formula is C22H36F8O6Si3. The highest BCUT2D eigenvalue weighted by molar-refractivity contribution is 7.38. The van der Waals surface area contributed by atoms with Crippen molar-refractivity contribution in [3.63, 3.8) is 0 Å². The monoisotopic (exact) mass is 632 g/mol. The lowest BCUT2D eigenvalue weighted by atomic mass is 9.92. The summed E-state index contributed by atoms with van der Waals surface area (Å²) in [7, 11) is -9.31. The molecule has 0 saturated carbocycles. The predicted octanol–water partition coefficient (Wildman–Crippen LogP) is 7.07. The van der Waals surface area contributed by atoms with E-state index in [0.29, 0.717) is 6.42 Å². The van der Waals surface area contributed by atoms with E-state index in [1.54, 1.807) is 46.6 Å². The molecule has 228 valence electrons. The van der Waals surface area contributed by atoms with Gasteiger partial charge in [0.2, 0.25) is 15.7 Å². The van der Waals surface area contributed by atoms with E-state index in [1.807, 2.05) is 0 Å². The van der Waals surface area contributed by atoms with Crippen molar-refractivity contribution in [2.24, 2.45) is 0 Å². The van der Waals surface area contributed by atoms with E-state index >= 15 is 0 Å². The van der Waals surface area contributed by atoms with Crippen LogP contribution >= 0.6 is 0 Å². The number of halogens is 8. The third-order valence-electron chi connectivity index (χ3n) is 6.82. The van der Waals surface area contributed by atoms with Crippen LogP contribution in [0.5, 0.6) is 0 Å². The minimum atomic E-state index is -6.70. The largest absolute Gasteiger partial charge is 0.478 e. The molecule has 0 aromatic rings. The number of carboxylic acid groups (broad SMARTS) is 2. The molecule has 0 spiro atoms. The summed E-state index contributed by atoms with van der Waals surface area (Å²) in [6.07, 6.45) is -7.76. The fourth-order valence-electron chi connectivity index (χ4n) is 5.26. The maximum Gasteiger partial charge on any atom is 0.378 e. The number of rotatable bonds is 12. The Labute approximate surface area is 224 Å². The van der Waals surface area contributed by atoms with Gasteiger partial charge in [-0.15, -0.1) is 0 Å². The molecule has 1 aliphatic heterocycles. The van der Waals surface area contributed by atoms with E-state index in [1.165, 1.54) is 6.92 Å². The Morgan fingerprint density at radius 2 is 1.51 bits per heavy atom. The maximum atomic E-state index is 14.6. The van der Waals surface area contributed by atoms with Gasteiger partial charge in [-0.25, -0.2) is 18.4 Å². The highest BCUT2D eigenvalue weighted by Crippen LogP contribution is 2.54. The van der Waals surface area contributed by atoms with Crippen LogP contribution in [0.1, 0.15) is 40.0 Å². The second-order valence-electron chi connectivity index (χ2n) is 11.8. The van der Waals surface area contributed by atoms with Gasteiger partial charge < -0.3 is 18.8 Å². The Morgan fingerprint density at radius 1 is 1.03 bits per heavy atom. The third-order valence-corrected chi connectivity index (χ3v) is 25.8. The van der Waals surface area contributed by atoms with Gasteiger partial charge in [-0.2, -0.15) is 26.3 Å². The van der Waals surface area contributed by atoms with Gasteiger partial charge in [-0.05, 0) is 65.5 Å². The van der Waals surface area contributed by atoms with Crippen molar-refractivity contribution in [3.05, 3.63) is 11.1 Å². The Morgan fingerprint density at radius 3 is 1.85 bits per heavy atom. The van der Waals surface area contributed by atoms with Crippen LogP contribution in [0, 0.1) is 0 Å². The lowest BCUT2D eigenvalue weighted by molar-refractivity contribution is -0.337. The second-order valence-corrected chi connectivity index (χ2v) is 29.2. The van der Waals surface area contributed by atoms with Crippen LogP contribution in [0.2, 0.25) is 44.3 Å². The number of hydrogen-bond donors (Lipinski definition) is 2. The fourth-order valence-corrected chi connectivity index (χ4v) is 29.5. The molecule has 39 heavy (non-hydrogen) atoms. The molecule has 6 nitrogen and oxygen atoms in total. The third kappa shape index (κ3) is 6.95. The highest BCUT2D eigenvalue weighted by Gasteiger charge is 2.75. The summed E-state index contributed by atoms with van der Waals surface area (Å²) in [5.41, 5.74) is -5.00. The van der Waals surface area contributed by atoms with Gasteiger partial charge in [0.05, 0.1) is 23.2 Å². The molecule has 0 aromatic heterocycles. The van der Waals surface area contributed by atoms with E-state index in [4.69, 9.17) is 8.54 Å². The number of carbonyl (C=O) groups is 2. The fraction of sp³-hybridized carbons (Fsp3) is 0.818. The minimum absolute atomic E-state index is 0.176.